The van der Waals surface area contributed by atoms with Crippen molar-refractivity contribution in [3.8, 4) is 0 Å². The summed E-state index contributed by atoms with van der Waals surface area (Å²) in [4.78, 5) is 0. The van der Waals surface area contributed by atoms with Gasteiger partial charge in [0.2, 0.25) is 0 Å². The van der Waals surface area contributed by atoms with Gasteiger partial charge in [-0.1, -0.05) is 77.6 Å². The molecule has 0 fully saturated rings. The molecule has 88 valence electrons. The summed E-state index contributed by atoms with van der Waals surface area (Å²) in [5.74, 6) is -0.799. The van der Waals surface area contributed by atoms with Crippen molar-refractivity contribution in [3.05, 3.63) is 60.7 Å². The topological polar surface area (TPSA) is 0 Å². The summed E-state index contributed by atoms with van der Waals surface area (Å²) in [5, 5.41) is 2.31. The highest BCUT2D eigenvalue weighted by Gasteiger charge is 2.37. The lowest BCUT2D eigenvalue weighted by Crippen LogP contribution is -2.62. The Bertz CT molecular complexity index is 425. The van der Waals surface area contributed by atoms with Gasteiger partial charge >= 0.3 is 0 Å². The van der Waals surface area contributed by atoms with Crippen LogP contribution in [0.4, 0.5) is 4.39 Å². The van der Waals surface area contributed by atoms with Crippen LogP contribution in [0, 0.1) is 0 Å². The minimum absolute atomic E-state index is 0.799. The van der Waals surface area contributed by atoms with Gasteiger partial charge < -0.3 is 0 Å². The molecule has 2 aromatic carbocycles. The molecule has 2 aromatic rings. The average Bonchev–Trinajstić information content (AvgIpc) is 2.39. The quantitative estimate of drug-likeness (QED) is 0.728. The van der Waals surface area contributed by atoms with Crippen LogP contribution >= 0.6 is 0 Å². The summed E-state index contributed by atoms with van der Waals surface area (Å²) in [5.41, 5.74) is 0. The smallest absolute Gasteiger partial charge is 0.152 e. The number of benzene rings is 2. The third-order valence-electron chi connectivity index (χ3n) is 3.54. The van der Waals surface area contributed by atoms with Crippen molar-refractivity contribution < 1.29 is 4.39 Å². The van der Waals surface area contributed by atoms with Crippen LogP contribution in [-0.2, 0) is 0 Å². The normalized spacial score (nSPS) is 13.4. The van der Waals surface area contributed by atoms with Crippen LogP contribution in [-0.4, -0.2) is 13.9 Å². The third-order valence-corrected chi connectivity index (χ3v) is 8.20. The fourth-order valence-electron chi connectivity index (χ4n) is 2.19. The lowest BCUT2D eigenvalue weighted by Gasteiger charge is -2.30. The van der Waals surface area contributed by atoms with E-state index in [0.29, 0.717) is 0 Å². The van der Waals surface area contributed by atoms with E-state index >= 15 is 0 Å². The zero-order chi connectivity index (χ0) is 12.3. The predicted molar refractivity (Wildman–Crippen MR) is 74.3 cm³/mol. The highest BCUT2D eigenvalue weighted by molar-refractivity contribution is 7.02. The molecule has 2 heteroatoms. The van der Waals surface area contributed by atoms with E-state index in [2.05, 4.69) is 30.8 Å². The van der Waals surface area contributed by atoms with Crippen molar-refractivity contribution in [2.24, 2.45) is 0 Å². The minimum Gasteiger partial charge on any atom is -0.251 e. The monoisotopic (exact) mass is 244 g/mol. The van der Waals surface area contributed by atoms with Crippen LogP contribution in [0.15, 0.2) is 60.7 Å². The van der Waals surface area contributed by atoms with Crippen molar-refractivity contribution in [2.45, 2.75) is 19.3 Å². The Balaban J connectivity index is 2.55. The molecule has 0 heterocycles. The molecular weight excluding hydrogens is 227 g/mol. The van der Waals surface area contributed by atoms with E-state index in [1.165, 1.54) is 0 Å². The standard InChI is InChI=1S/C15H17FSi/c1-13(16)17(2,14-9-5-3-6-10-14)15-11-7-4-8-12-15/h3-13H,1-2H3. The van der Waals surface area contributed by atoms with Crippen LogP contribution in [0.2, 0.25) is 6.55 Å². The van der Waals surface area contributed by atoms with Crippen molar-refractivity contribution in [2.75, 3.05) is 0 Å². The first-order chi connectivity index (χ1) is 8.15. The molecule has 0 N–H and O–H groups in total. The Hall–Kier alpha value is -1.41. The lowest BCUT2D eigenvalue weighted by atomic mass is 10.4. The first-order valence-electron chi connectivity index (χ1n) is 5.91. The molecule has 0 saturated carbocycles. The van der Waals surface area contributed by atoms with Crippen LogP contribution in [0.5, 0.6) is 0 Å². The molecule has 17 heavy (non-hydrogen) atoms. The number of alkyl halides is 1. The molecule has 0 aromatic heterocycles. The predicted octanol–water partition coefficient (Wildman–Crippen LogP) is 2.78. The third kappa shape index (κ3) is 2.18. The van der Waals surface area contributed by atoms with Crippen molar-refractivity contribution in [1.29, 1.82) is 0 Å². The summed E-state index contributed by atoms with van der Waals surface area (Å²) in [6, 6.07) is 20.1. The van der Waals surface area contributed by atoms with Gasteiger partial charge in [0, 0.05) is 0 Å². The summed E-state index contributed by atoms with van der Waals surface area (Å²) in [6.45, 7) is 3.79. The molecule has 0 amide bonds. The molecule has 2 rings (SSSR count). The second-order valence-electron chi connectivity index (χ2n) is 4.55. The van der Waals surface area contributed by atoms with Gasteiger partial charge in [-0.3, -0.25) is 4.39 Å². The Labute approximate surface area is 103 Å². The lowest BCUT2D eigenvalue weighted by molar-refractivity contribution is 0.461. The van der Waals surface area contributed by atoms with Gasteiger partial charge in [0.1, 0.15) is 0 Å². The van der Waals surface area contributed by atoms with Crippen LogP contribution < -0.4 is 10.4 Å². The number of hydrogen-bond donors (Lipinski definition) is 0. The highest BCUT2D eigenvalue weighted by Crippen LogP contribution is 2.13. The molecule has 0 nitrogen and oxygen atoms in total. The average molecular weight is 244 g/mol. The molecule has 1 unspecified atom stereocenters. The van der Waals surface area contributed by atoms with Crippen molar-refractivity contribution in [3.63, 3.8) is 0 Å². The van der Waals surface area contributed by atoms with E-state index in [-0.39, 0.29) is 0 Å². The molecule has 0 aliphatic carbocycles. The van der Waals surface area contributed by atoms with Gasteiger partial charge in [-0.15, -0.1) is 0 Å². The van der Waals surface area contributed by atoms with Crippen LogP contribution in [0.1, 0.15) is 6.92 Å². The molecular formula is C15H17FSi. The van der Waals surface area contributed by atoms with Crippen LogP contribution in [0.25, 0.3) is 0 Å². The van der Waals surface area contributed by atoms with E-state index in [1.807, 2.05) is 36.4 Å². The van der Waals surface area contributed by atoms with E-state index in [0.717, 1.165) is 10.4 Å². The summed E-state index contributed by atoms with van der Waals surface area (Å²) in [6.07, 6.45) is 0. The van der Waals surface area contributed by atoms with Gasteiger partial charge in [-0.05, 0) is 6.92 Å². The van der Waals surface area contributed by atoms with Gasteiger partial charge in [0.15, 0.2) is 8.07 Å². The van der Waals surface area contributed by atoms with Crippen LogP contribution in [0.3, 0.4) is 0 Å². The maximum atomic E-state index is 14.2. The second kappa shape index (κ2) is 4.84. The SMILES string of the molecule is CC(F)[Si](C)(c1ccccc1)c1ccccc1. The largest absolute Gasteiger partial charge is 0.251 e. The molecule has 0 aliphatic heterocycles. The molecule has 1 atom stereocenters. The van der Waals surface area contributed by atoms with Gasteiger partial charge in [-0.25, -0.2) is 0 Å². The van der Waals surface area contributed by atoms with E-state index in [1.54, 1.807) is 6.92 Å². The maximum absolute atomic E-state index is 14.2. The van der Waals surface area contributed by atoms with Crippen molar-refractivity contribution in [1.82, 2.24) is 0 Å². The zero-order valence-electron chi connectivity index (χ0n) is 10.2. The molecule has 0 aliphatic rings. The van der Waals surface area contributed by atoms with E-state index in [9.17, 15) is 4.39 Å². The zero-order valence-corrected chi connectivity index (χ0v) is 11.2. The fraction of sp³-hybridized carbons (Fsp3) is 0.200. The number of halogens is 1. The summed E-state index contributed by atoms with van der Waals surface area (Å²) in [7, 11) is -2.25. The van der Waals surface area contributed by atoms with Gasteiger partial charge in [-0.2, -0.15) is 0 Å². The first kappa shape index (κ1) is 12.1. The Morgan fingerprint density at radius 3 is 1.47 bits per heavy atom. The molecule has 0 radical (unpaired) electrons. The highest BCUT2D eigenvalue weighted by atomic mass is 28.3. The van der Waals surface area contributed by atoms with Crippen molar-refractivity contribution >= 4 is 18.4 Å². The minimum atomic E-state index is -2.25. The Morgan fingerprint density at radius 2 is 1.18 bits per heavy atom. The molecule has 0 bridgehead atoms. The van der Waals surface area contributed by atoms with Gasteiger partial charge in [0.05, 0.1) is 5.79 Å². The summed E-state index contributed by atoms with van der Waals surface area (Å²) >= 11 is 0. The molecule has 0 spiro atoms. The fourth-order valence-corrected chi connectivity index (χ4v) is 5.22. The summed E-state index contributed by atoms with van der Waals surface area (Å²) < 4.78 is 14.2. The Kier molecular flexibility index (Phi) is 3.43. The second-order valence-corrected chi connectivity index (χ2v) is 8.91. The Morgan fingerprint density at radius 1 is 0.824 bits per heavy atom. The number of hydrogen-bond acceptors (Lipinski definition) is 0. The van der Waals surface area contributed by atoms with Gasteiger partial charge in [0.25, 0.3) is 0 Å². The van der Waals surface area contributed by atoms with E-state index < -0.39 is 13.9 Å². The number of rotatable bonds is 3. The first-order valence-corrected chi connectivity index (χ1v) is 8.48. The van der Waals surface area contributed by atoms with E-state index in [4.69, 9.17) is 0 Å². The molecule has 0 saturated heterocycles. The maximum Gasteiger partial charge on any atom is 0.152 e.